The van der Waals surface area contributed by atoms with Gasteiger partial charge in [0.15, 0.2) is 0 Å². The van der Waals surface area contributed by atoms with Crippen LogP contribution in [0.1, 0.15) is 53.4 Å². The maximum Gasteiger partial charge on any atom is 0.0812 e. The maximum atomic E-state index is 10.6. The van der Waals surface area contributed by atoms with Gasteiger partial charge in [-0.2, -0.15) is 0 Å². The van der Waals surface area contributed by atoms with Gasteiger partial charge in [-0.3, -0.25) is 0 Å². The van der Waals surface area contributed by atoms with E-state index < -0.39 is 0 Å². The summed E-state index contributed by atoms with van der Waals surface area (Å²) in [6.07, 6.45) is 5.05. The summed E-state index contributed by atoms with van der Waals surface area (Å²) >= 11 is 0. The Bertz CT molecular complexity index is 370. The lowest BCUT2D eigenvalue weighted by molar-refractivity contribution is 0.00924. The Balaban J connectivity index is 2.18. The third-order valence-corrected chi connectivity index (χ3v) is 6.58. The molecule has 3 aliphatic carbocycles. The summed E-state index contributed by atoms with van der Waals surface area (Å²) in [5, 5.41) is 10.6. The normalized spacial score (nSPS) is 55.7. The molecule has 0 bridgehead atoms. The number of hydrogen-bond donors (Lipinski definition) is 1. The number of aliphatic hydroxyl groups excluding tert-OH is 1. The highest BCUT2D eigenvalue weighted by Gasteiger charge is 2.67. The van der Waals surface area contributed by atoms with Crippen LogP contribution in [0.4, 0.5) is 0 Å². The molecule has 3 rings (SSSR count). The minimum atomic E-state index is -0.178. The Morgan fingerprint density at radius 2 is 1.88 bits per heavy atom. The second-order valence-electron chi connectivity index (χ2n) is 6.76. The van der Waals surface area contributed by atoms with E-state index in [4.69, 9.17) is 0 Å². The van der Waals surface area contributed by atoms with Gasteiger partial charge in [0.05, 0.1) is 6.10 Å². The molecule has 0 radical (unpaired) electrons. The van der Waals surface area contributed by atoms with Crippen LogP contribution in [0, 0.1) is 22.7 Å². The first-order valence-corrected chi connectivity index (χ1v) is 6.81. The smallest absolute Gasteiger partial charge is 0.0812 e. The Morgan fingerprint density at radius 1 is 1.19 bits per heavy atom. The molecule has 90 valence electrons. The minimum absolute atomic E-state index is 0.149. The molecule has 1 nitrogen and oxygen atoms in total. The van der Waals surface area contributed by atoms with Crippen LogP contribution >= 0.6 is 0 Å². The summed E-state index contributed by atoms with van der Waals surface area (Å²) in [7, 11) is 0. The van der Waals surface area contributed by atoms with Gasteiger partial charge in [-0.05, 0) is 56.9 Å². The monoisotopic (exact) mass is 220 g/mol. The van der Waals surface area contributed by atoms with Crippen LogP contribution in [0.25, 0.3) is 0 Å². The molecule has 3 aliphatic rings. The van der Waals surface area contributed by atoms with Crippen molar-refractivity contribution in [3.05, 3.63) is 11.1 Å². The Kier molecular flexibility index (Phi) is 1.98. The third kappa shape index (κ3) is 0.860. The molecule has 1 spiro atoms. The zero-order chi connectivity index (χ0) is 11.7. The second-order valence-corrected chi connectivity index (χ2v) is 6.76. The number of rotatable bonds is 0. The maximum absolute atomic E-state index is 10.6. The summed E-state index contributed by atoms with van der Waals surface area (Å²) in [6, 6.07) is 0. The van der Waals surface area contributed by atoms with Gasteiger partial charge in [-0.1, -0.05) is 19.4 Å². The summed E-state index contributed by atoms with van der Waals surface area (Å²) in [5.74, 6) is 1.69. The zero-order valence-corrected chi connectivity index (χ0v) is 11.0. The summed E-state index contributed by atoms with van der Waals surface area (Å²) in [4.78, 5) is 0. The lowest BCUT2D eigenvalue weighted by atomic mass is 9.62. The van der Waals surface area contributed by atoms with Gasteiger partial charge in [0.2, 0.25) is 0 Å². The molecule has 5 atom stereocenters. The molecule has 0 amide bonds. The summed E-state index contributed by atoms with van der Waals surface area (Å²) < 4.78 is 0. The first kappa shape index (κ1) is 10.8. The lowest BCUT2D eigenvalue weighted by Gasteiger charge is -2.42. The molecule has 2 saturated carbocycles. The molecular weight excluding hydrogens is 196 g/mol. The largest absolute Gasteiger partial charge is 0.388 e. The van der Waals surface area contributed by atoms with Crippen molar-refractivity contribution in [2.45, 2.75) is 59.5 Å². The van der Waals surface area contributed by atoms with Crippen molar-refractivity contribution in [2.24, 2.45) is 22.7 Å². The van der Waals surface area contributed by atoms with Crippen molar-refractivity contribution < 1.29 is 5.11 Å². The number of allylic oxidation sites excluding steroid dienone is 1. The molecule has 0 unspecified atom stereocenters. The van der Waals surface area contributed by atoms with Crippen molar-refractivity contribution in [1.29, 1.82) is 0 Å². The SMILES string of the molecule is CC1=C(C)[C@@]23CC[C@@H](C)[C@@H]2CC[C@@]3(C)[C@@H]1O. The van der Waals surface area contributed by atoms with Gasteiger partial charge in [0.25, 0.3) is 0 Å². The molecule has 16 heavy (non-hydrogen) atoms. The Morgan fingerprint density at radius 3 is 2.56 bits per heavy atom. The van der Waals surface area contributed by atoms with Crippen LogP contribution in [0.5, 0.6) is 0 Å². The number of aliphatic hydroxyl groups is 1. The van der Waals surface area contributed by atoms with Crippen LogP contribution < -0.4 is 0 Å². The van der Waals surface area contributed by atoms with Gasteiger partial charge in [-0.25, -0.2) is 0 Å². The van der Waals surface area contributed by atoms with E-state index in [1.807, 2.05) is 0 Å². The molecule has 1 N–H and O–H groups in total. The quantitative estimate of drug-likeness (QED) is 0.619. The molecule has 1 heteroatoms. The fraction of sp³-hybridized carbons (Fsp3) is 0.867. The molecule has 0 saturated heterocycles. The molecule has 2 fully saturated rings. The summed E-state index contributed by atoms with van der Waals surface area (Å²) in [6.45, 7) is 9.20. The minimum Gasteiger partial charge on any atom is -0.388 e. The molecule has 0 aliphatic heterocycles. The Labute approximate surface area is 98.9 Å². The van der Waals surface area contributed by atoms with Crippen LogP contribution in [0.15, 0.2) is 11.1 Å². The van der Waals surface area contributed by atoms with Crippen LogP contribution in [-0.2, 0) is 0 Å². The molecular formula is C15H24O. The zero-order valence-electron chi connectivity index (χ0n) is 11.0. The second kappa shape index (κ2) is 2.93. The average molecular weight is 220 g/mol. The van der Waals surface area contributed by atoms with Crippen LogP contribution in [0.2, 0.25) is 0 Å². The van der Waals surface area contributed by atoms with Gasteiger partial charge in [0, 0.05) is 10.8 Å². The highest BCUT2D eigenvalue weighted by molar-refractivity contribution is 5.39. The fourth-order valence-corrected chi connectivity index (χ4v) is 5.56. The third-order valence-electron chi connectivity index (χ3n) is 6.58. The van der Waals surface area contributed by atoms with E-state index in [1.165, 1.54) is 36.8 Å². The predicted molar refractivity (Wildman–Crippen MR) is 66.0 cm³/mol. The molecule has 0 aromatic rings. The number of hydrogen-bond acceptors (Lipinski definition) is 1. The van der Waals surface area contributed by atoms with Crippen molar-refractivity contribution in [2.75, 3.05) is 0 Å². The summed E-state index contributed by atoms with van der Waals surface area (Å²) in [5.41, 5.74) is 3.32. The lowest BCUT2D eigenvalue weighted by Crippen LogP contribution is -2.40. The van der Waals surface area contributed by atoms with Gasteiger partial charge in [-0.15, -0.1) is 0 Å². The topological polar surface area (TPSA) is 20.2 Å². The van der Waals surface area contributed by atoms with E-state index >= 15 is 0 Å². The molecule has 0 heterocycles. The first-order valence-electron chi connectivity index (χ1n) is 6.81. The highest BCUT2D eigenvalue weighted by Crippen LogP contribution is 2.73. The van der Waals surface area contributed by atoms with E-state index in [1.54, 1.807) is 0 Å². The Hall–Kier alpha value is -0.300. The van der Waals surface area contributed by atoms with Crippen LogP contribution in [0.3, 0.4) is 0 Å². The predicted octanol–water partition coefficient (Wildman–Crippen LogP) is 3.53. The van der Waals surface area contributed by atoms with Crippen molar-refractivity contribution >= 4 is 0 Å². The fourth-order valence-electron chi connectivity index (χ4n) is 5.56. The molecule has 0 aromatic heterocycles. The van der Waals surface area contributed by atoms with E-state index in [0.717, 1.165) is 11.8 Å². The standard InChI is InChI=1S/C15H24O/c1-9-5-8-15-11(3)10(2)13(16)14(15,4)7-6-12(9)15/h9,12-13,16H,5-8H2,1-4H3/t9-,12+,13-,14+,15+/m1/s1. The van der Waals surface area contributed by atoms with E-state index in [0.29, 0.717) is 5.41 Å². The average Bonchev–Trinajstić information content (AvgIpc) is 2.79. The van der Waals surface area contributed by atoms with E-state index in [-0.39, 0.29) is 11.5 Å². The highest BCUT2D eigenvalue weighted by atomic mass is 16.3. The van der Waals surface area contributed by atoms with Gasteiger partial charge < -0.3 is 5.11 Å². The first-order chi connectivity index (χ1) is 7.45. The van der Waals surface area contributed by atoms with E-state index in [9.17, 15) is 5.11 Å². The van der Waals surface area contributed by atoms with E-state index in [2.05, 4.69) is 27.7 Å². The van der Waals surface area contributed by atoms with Crippen molar-refractivity contribution in [3.63, 3.8) is 0 Å². The molecule has 0 aromatic carbocycles. The van der Waals surface area contributed by atoms with Crippen LogP contribution in [-0.4, -0.2) is 11.2 Å². The van der Waals surface area contributed by atoms with Gasteiger partial charge in [0.1, 0.15) is 0 Å². The van der Waals surface area contributed by atoms with Gasteiger partial charge >= 0.3 is 0 Å². The van der Waals surface area contributed by atoms with Crippen molar-refractivity contribution in [1.82, 2.24) is 0 Å². The van der Waals surface area contributed by atoms with Crippen molar-refractivity contribution in [3.8, 4) is 0 Å².